The van der Waals surface area contributed by atoms with Gasteiger partial charge >= 0.3 is 0 Å². The molecule has 0 radical (unpaired) electrons. The number of hydrogen-bond acceptors (Lipinski definition) is 2. The van der Waals surface area contributed by atoms with Crippen molar-refractivity contribution in [2.75, 3.05) is 5.32 Å². The number of nitrogens with zero attached hydrogens (tertiary/aromatic N) is 1. The van der Waals surface area contributed by atoms with Crippen LogP contribution in [0, 0.1) is 6.92 Å². The Labute approximate surface area is 149 Å². The molecule has 0 aliphatic carbocycles. The van der Waals surface area contributed by atoms with Gasteiger partial charge in [-0.1, -0.05) is 46.9 Å². The number of hydrazone groups is 1. The van der Waals surface area contributed by atoms with E-state index >= 15 is 0 Å². The molecule has 0 aliphatic rings. The minimum Gasteiger partial charge on any atom is -0.330 e. The van der Waals surface area contributed by atoms with E-state index in [1.165, 1.54) is 0 Å². The van der Waals surface area contributed by atoms with Crippen LogP contribution in [0.3, 0.4) is 0 Å². The molecule has 0 spiro atoms. The average Bonchev–Trinajstić information content (AvgIpc) is 2.45. The zero-order valence-electron chi connectivity index (χ0n) is 11.5. The predicted molar refractivity (Wildman–Crippen MR) is 99.6 cm³/mol. The lowest BCUT2D eigenvalue weighted by molar-refractivity contribution is 1.05. The molecule has 0 bridgehead atoms. The number of hydrogen-bond donors (Lipinski definition) is 2. The summed E-state index contributed by atoms with van der Waals surface area (Å²) in [7, 11) is 0. The van der Waals surface area contributed by atoms with E-state index in [1.807, 2.05) is 19.1 Å². The van der Waals surface area contributed by atoms with E-state index in [0.29, 0.717) is 25.9 Å². The van der Waals surface area contributed by atoms with Crippen LogP contribution in [-0.2, 0) is 0 Å². The summed E-state index contributed by atoms with van der Waals surface area (Å²) in [5, 5.41) is 8.98. The normalized spacial score (nSPS) is 10.7. The molecule has 2 N–H and O–H groups in total. The maximum absolute atomic E-state index is 6.11. The molecule has 0 amide bonds. The first-order valence-electron chi connectivity index (χ1n) is 6.27. The molecule has 0 aromatic heterocycles. The highest BCUT2D eigenvalue weighted by Gasteiger charge is 2.03. The first-order chi connectivity index (χ1) is 10.5. The van der Waals surface area contributed by atoms with Crippen LogP contribution in [0.15, 0.2) is 41.5 Å². The van der Waals surface area contributed by atoms with Gasteiger partial charge in [0.25, 0.3) is 0 Å². The van der Waals surface area contributed by atoms with Gasteiger partial charge in [-0.3, -0.25) is 5.43 Å². The van der Waals surface area contributed by atoms with Crippen LogP contribution in [-0.4, -0.2) is 11.3 Å². The molecule has 22 heavy (non-hydrogen) atoms. The van der Waals surface area contributed by atoms with Crippen molar-refractivity contribution < 1.29 is 0 Å². The van der Waals surface area contributed by atoms with Gasteiger partial charge < -0.3 is 5.32 Å². The van der Waals surface area contributed by atoms with E-state index < -0.39 is 0 Å². The Hall–Kier alpha value is -1.33. The van der Waals surface area contributed by atoms with Crippen LogP contribution in [0.2, 0.25) is 15.1 Å². The fourth-order valence-electron chi connectivity index (χ4n) is 1.70. The molecular weight excluding hydrogens is 361 g/mol. The van der Waals surface area contributed by atoms with Crippen molar-refractivity contribution >= 4 is 64.0 Å². The highest BCUT2D eigenvalue weighted by atomic mass is 35.5. The highest BCUT2D eigenvalue weighted by Crippen LogP contribution is 2.25. The number of nitrogens with one attached hydrogen (secondary N) is 2. The number of halogens is 3. The smallest absolute Gasteiger partial charge is 0.191 e. The van der Waals surface area contributed by atoms with Crippen molar-refractivity contribution in [2.45, 2.75) is 6.92 Å². The Morgan fingerprint density at radius 3 is 2.59 bits per heavy atom. The van der Waals surface area contributed by atoms with E-state index in [0.717, 1.165) is 11.1 Å². The Bertz CT molecular complexity index is 712. The number of anilines is 1. The second-order valence-corrected chi connectivity index (χ2v) is 6.08. The van der Waals surface area contributed by atoms with Crippen LogP contribution in [0.4, 0.5) is 5.69 Å². The Morgan fingerprint density at radius 2 is 1.91 bits per heavy atom. The molecule has 3 nitrogen and oxygen atoms in total. The first kappa shape index (κ1) is 17.0. The van der Waals surface area contributed by atoms with Crippen LogP contribution in [0.1, 0.15) is 11.1 Å². The molecular formula is C15H12Cl3N3S. The molecule has 0 saturated heterocycles. The number of rotatable bonds is 3. The zero-order valence-corrected chi connectivity index (χ0v) is 14.6. The molecule has 0 atom stereocenters. The number of aryl methyl sites for hydroxylation is 1. The van der Waals surface area contributed by atoms with Crippen LogP contribution in [0.5, 0.6) is 0 Å². The number of benzene rings is 2. The summed E-state index contributed by atoms with van der Waals surface area (Å²) in [5.74, 6) is 0. The van der Waals surface area contributed by atoms with Gasteiger partial charge in [-0.2, -0.15) is 5.10 Å². The minimum atomic E-state index is 0.310. The standard InChI is InChI=1S/C15H12Cl3N3S/c1-9-3-2-4-12(17)11(9)8-19-21-15(22)20-14-6-5-10(16)7-13(14)18/h2-8H,1H3,(H2,20,21,22)/b19-8-. The van der Waals surface area contributed by atoms with Crippen LogP contribution < -0.4 is 10.7 Å². The molecule has 0 saturated carbocycles. The second-order valence-electron chi connectivity index (χ2n) is 4.42. The lowest BCUT2D eigenvalue weighted by Crippen LogP contribution is -2.24. The van der Waals surface area contributed by atoms with E-state index in [9.17, 15) is 0 Å². The third kappa shape index (κ3) is 4.58. The third-order valence-corrected chi connectivity index (χ3v) is 3.88. The lowest BCUT2D eigenvalue weighted by atomic mass is 10.1. The van der Waals surface area contributed by atoms with E-state index in [1.54, 1.807) is 30.5 Å². The third-order valence-electron chi connectivity index (χ3n) is 2.81. The van der Waals surface area contributed by atoms with Gasteiger partial charge in [0.15, 0.2) is 5.11 Å². The molecule has 2 aromatic rings. The Kier molecular flexibility index (Phi) is 6.03. The molecule has 0 heterocycles. The van der Waals surface area contributed by atoms with E-state index in [2.05, 4.69) is 15.8 Å². The average molecular weight is 373 g/mol. The maximum atomic E-state index is 6.11. The van der Waals surface area contributed by atoms with Crippen molar-refractivity contribution in [1.29, 1.82) is 0 Å². The molecule has 0 aliphatic heterocycles. The van der Waals surface area contributed by atoms with Crippen molar-refractivity contribution in [1.82, 2.24) is 5.43 Å². The molecule has 2 aromatic carbocycles. The van der Waals surface area contributed by atoms with Gasteiger partial charge in [-0.15, -0.1) is 0 Å². The fourth-order valence-corrected chi connectivity index (χ4v) is 2.59. The van der Waals surface area contributed by atoms with E-state index in [-0.39, 0.29) is 0 Å². The monoisotopic (exact) mass is 371 g/mol. The van der Waals surface area contributed by atoms with Crippen molar-refractivity contribution in [3.05, 3.63) is 62.6 Å². The topological polar surface area (TPSA) is 36.4 Å². The van der Waals surface area contributed by atoms with Gasteiger partial charge in [0.2, 0.25) is 0 Å². The van der Waals surface area contributed by atoms with Crippen LogP contribution in [0.25, 0.3) is 0 Å². The Morgan fingerprint density at radius 1 is 1.14 bits per heavy atom. The number of thiocarbonyl (C=S) groups is 1. The summed E-state index contributed by atoms with van der Waals surface area (Å²) in [6.07, 6.45) is 1.62. The quantitative estimate of drug-likeness (QED) is 0.437. The Balaban J connectivity index is 1.99. The maximum Gasteiger partial charge on any atom is 0.191 e. The minimum absolute atomic E-state index is 0.310. The fraction of sp³-hybridized carbons (Fsp3) is 0.0667. The van der Waals surface area contributed by atoms with Gasteiger partial charge in [0, 0.05) is 15.6 Å². The predicted octanol–water partition coefficient (Wildman–Crippen LogP) is 5.28. The van der Waals surface area contributed by atoms with E-state index in [4.69, 9.17) is 47.0 Å². The second kappa shape index (κ2) is 7.79. The summed E-state index contributed by atoms with van der Waals surface area (Å²) in [6, 6.07) is 10.7. The van der Waals surface area contributed by atoms with Gasteiger partial charge in [0.1, 0.15) is 0 Å². The molecule has 2 rings (SSSR count). The zero-order chi connectivity index (χ0) is 16.1. The van der Waals surface area contributed by atoms with Crippen molar-refractivity contribution in [2.24, 2.45) is 5.10 Å². The SMILES string of the molecule is Cc1cccc(Cl)c1/C=N\NC(=S)Nc1ccc(Cl)cc1Cl. The van der Waals surface area contributed by atoms with Crippen LogP contribution >= 0.6 is 47.0 Å². The lowest BCUT2D eigenvalue weighted by Gasteiger charge is -2.09. The molecule has 0 fully saturated rings. The summed E-state index contributed by atoms with van der Waals surface area (Å²) in [6.45, 7) is 1.96. The van der Waals surface area contributed by atoms with Gasteiger partial charge in [0.05, 0.1) is 16.9 Å². The molecule has 0 unspecified atom stereocenters. The van der Waals surface area contributed by atoms with Gasteiger partial charge in [-0.05, 0) is 49.0 Å². The first-order valence-corrected chi connectivity index (χ1v) is 7.82. The molecule has 114 valence electrons. The summed E-state index contributed by atoms with van der Waals surface area (Å²) >= 11 is 23.2. The summed E-state index contributed by atoms with van der Waals surface area (Å²) in [4.78, 5) is 0. The van der Waals surface area contributed by atoms with Crippen molar-refractivity contribution in [3.63, 3.8) is 0 Å². The van der Waals surface area contributed by atoms with Gasteiger partial charge in [-0.25, -0.2) is 0 Å². The van der Waals surface area contributed by atoms with Crippen molar-refractivity contribution in [3.8, 4) is 0 Å². The molecule has 7 heteroatoms. The summed E-state index contributed by atoms with van der Waals surface area (Å²) < 4.78 is 0. The largest absolute Gasteiger partial charge is 0.330 e. The summed E-state index contributed by atoms with van der Waals surface area (Å²) in [5.41, 5.74) is 5.22. The highest BCUT2D eigenvalue weighted by molar-refractivity contribution is 7.80.